The van der Waals surface area contributed by atoms with Gasteiger partial charge in [-0.1, -0.05) is 0 Å². The first-order valence-electron chi connectivity index (χ1n) is 14.7. The van der Waals surface area contributed by atoms with Crippen LogP contribution in [0.1, 0.15) is 50.0 Å². The molecule has 3 N–H and O–H groups in total. The second kappa shape index (κ2) is 11.1. The molecule has 4 heterocycles. The van der Waals surface area contributed by atoms with E-state index in [1.165, 1.54) is 18.9 Å². The van der Waals surface area contributed by atoms with E-state index in [1.54, 1.807) is 25.1 Å². The van der Waals surface area contributed by atoms with Crippen molar-refractivity contribution >= 4 is 44.0 Å². The van der Waals surface area contributed by atoms with Crippen LogP contribution < -0.4 is 19.8 Å². The van der Waals surface area contributed by atoms with E-state index in [-0.39, 0.29) is 23.5 Å². The average Bonchev–Trinajstić information content (AvgIpc) is 3.63. The number of rotatable bonds is 8. The van der Waals surface area contributed by atoms with E-state index in [2.05, 4.69) is 19.8 Å². The summed E-state index contributed by atoms with van der Waals surface area (Å²) in [6, 6.07) is 7.93. The van der Waals surface area contributed by atoms with Crippen LogP contribution in [0.25, 0.3) is 10.9 Å². The van der Waals surface area contributed by atoms with Gasteiger partial charge in [-0.2, -0.15) is 0 Å². The molecule has 1 aliphatic carbocycles. The number of anilines is 3. The summed E-state index contributed by atoms with van der Waals surface area (Å²) in [4.78, 5) is 23.1. The van der Waals surface area contributed by atoms with Crippen molar-refractivity contribution in [2.24, 2.45) is 12.5 Å². The molecule has 2 aliphatic heterocycles. The van der Waals surface area contributed by atoms with E-state index in [0.29, 0.717) is 42.2 Å². The second-order valence-electron chi connectivity index (χ2n) is 12.1. The number of benzene rings is 1. The Morgan fingerprint density at radius 3 is 2.60 bits per heavy atom. The van der Waals surface area contributed by atoms with Crippen LogP contribution in [0.2, 0.25) is 0 Å². The predicted octanol–water partition coefficient (Wildman–Crippen LogP) is 3.09. The van der Waals surface area contributed by atoms with Crippen molar-refractivity contribution in [3.8, 4) is 0 Å². The number of aliphatic hydroxyl groups is 1. The van der Waals surface area contributed by atoms with Gasteiger partial charge in [0.15, 0.2) is 5.82 Å². The van der Waals surface area contributed by atoms with Crippen LogP contribution in [0.4, 0.5) is 17.2 Å². The summed E-state index contributed by atoms with van der Waals surface area (Å²) in [5, 5.41) is 13.4. The second-order valence-corrected chi connectivity index (χ2v) is 13.9. The summed E-state index contributed by atoms with van der Waals surface area (Å²) in [6.07, 6.45) is 6.61. The SMILES string of the molecule is C[C@H](CO)NS(=O)(=O)c1ccc(NC(=O)c2cc3ccn(C)c3c(N3CCO[C@H](C)C3)n2)c(N2CCC3(CC2)CC3)c1. The number of nitrogens with one attached hydrogen (secondary N) is 2. The number of fused-ring (bicyclic) bond motifs is 1. The van der Waals surface area contributed by atoms with Gasteiger partial charge in [0.2, 0.25) is 10.0 Å². The number of carbonyl (C=O) groups is 1. The number of nitrogens with zero attached hydrogens (tertiary/aromatic N) is 4. The summed E-state index contributed by atoms with van der Waals surface area (Å²) in [6.45, 7) is 6.86. The van der Waals surface area contributed by atoms with Crippen LogP contribution in [0.3, 0.4) is 0 Å². The van der Waals surface area contributed by atoms with Gasteiger partial charge in [-0.15, -0.1) is 0 Å². The number of aliphatic hydroxyl groups excluding tert-OH is 1. The summed E-state index contributed by atoms with van der Waals surface area (Å²) in [5.74, 6) is 0.389. The van der Waals surface area contributed by atoms with E-state index in [1.807, 2.05) is 30.8 Å². The van der Waals surface area contributed by atoms with Crippen LogP contribution >= 0.6 is 0 Å². The molecule has 3 aliphatic rings. The zero-order chi connectivity index (χ0) is 29.6. The molecule has 1 spiro atoms. The maximum atomic E-state index is 13.8. The lowest BCUT2D eigenvalue weighted by Crippen LogP contribution is -2.42. The largest absolute Gasteiger partial charge is 0.395 e. The van der Waals surface area contributed by atoms with Gasteiger partial charge in [-0.05, 0) is 75.3 Å². The quantitative estimate of drug-likeness (QED) is 0.362. The Bertz CT molecular complexity index is 1590. The van der Waals surface area contributed by atoms with E-state index in [0.717, 1.165) is 42.7 Å². The molecule has 0 radical (unpaired) electrons. The van der Waals surface area contributed by atoms with Gasteiger partial charge in [0.25, 0.3) is 5.91 Å². The highest BCUT2D eigenvalue weighted by Gasteiger charge is 2.44. The number of aromatic nitrogens is 2. The highest BCUT2D eigenvalue weighted by Crippen LogP contribution is 2.54. The third-order valence-corrected chi connectivity index (χ3v) is 10.5. The molecule has 226 valence electrons. The zero-order valence-electron chi connectivity index (χ0n) is 24.5. The molecular weight excluding hydrogens is 556 g/mol. The molecule has 1 aromatic carbocycles. The van der Waals surface area contributed by atoms with Crippen LogP contribution in [0.5, 0.6) is 0 Å². The number of pyridine rings is 1. The normalized spacial score (nSPS) is 21.1. The van der Waals surface area contributed by atoms with Gasteiger partial charge < -0.3 is 29.5 Å². The minimum Gasteiger partial charge on any atom is -0.395 e. The van der Waals surface area contributed by atoms with Crippen LogP contribution in [0, 0.1) is 5.41 Å². The zero-order valence-corrected chi connectivity index (χ0v) is 25.3. The monoisotopic (exact) mass is 596 g/mol. The van der Waals surface area contributed by atoms with Crippen molar-refractivity contribution in [2.75, 3.05) is 54.5 Å². The van der Waals surface area contributed by atoms with Crippen molar-refractivity contribution < 1.29 is 23.1 Å². The van der Waals surface area contributed by atoms with Crippen molar-refractivity contribution in [3.05, 3.63) is 42.2 Å². The molecule has 6 rings (SSSR count). The fraction of sp³-hybridized carbons (Fsp3) is 0.533. The molecule has 1 saturated carbocycles. The summed E-state index contributed by atoms with van der Waals surface area (Å²) in [5.41, 5.74) is 2.89. The minimum absolute atomic E-state index is 0.0554. The Hall–Kier alpha value is -3.19. The van der Waals surface area contributed by atoms with E-state index < -0.39 is 16.1 Å². The topological polar surface area (TPSA) is 129 Å². The van der Waals surface area contributed by atoms with E-state index >= 15 is 0 Å². The summed E-state index contributed by atoms with van der Waals surface area (Å²) >= 11 is 0. The first-order chi connectivity index (χ1) is 20.1. The third kappa shape index (κ3) is 5.72. The Labute approximate surface area is 246 Å². The smallest absolute Gasteiger partial charge is 0.274 e. The Morgan fingerprint density at radius 1 is 1.14 bits per heavy atom. The molecule has 2 saturated heterocycles. The standard InChI is InChI=1S/C30H40N6O5S/c1-20(19-37)33-42(39,40)23-4-5-24(26(17-23)35-12-9-30(7-8-30)10-13-35)32-29(38)25-16-22-6-11-34(3)27(22)28(31-25)36-14-15-41-21(2)18-36/h4-6,11,16-17,20-21,33,37H,7-10,12-15,18-19H2,1-3H3,(H,32,38)/t20-,21-/m1/s1. The maximum absolute atomic E-state index is 13.8. The maximum Gasteiger partial charge on any atom is 0.274 e. The first-order valence-corrected chi connectivity index (χ1v) is 16.2. The van der Waals surface area contributed by atoms with Crippen molar-refractivity contribution in [1.82, 2.24) is 14.3 Å². The number of sulfonamides is 1. The molecule has 11 nitrogen and oxygen atoms in total. The predicted molar refractivity (Wildman–Crippen MR) is 163 cm³/mol. The average molecular weight is 597 g/mol. The number of hydrogen-bond donors (Lipinski definition) is 3. The molecule has 1 amide bonds. The minimum atomic E-state index is -3.87. The highest BCUT2D eigenvalue weighted by molar-refractivity contribution is 7.89. The van der Waals surface area contributed by atoms with Crippen LogP contribution in [0.15, 0.2) is 41.4 Å². The van der Waals surface area contributed by atoms with Crippen LogP contribution in [-0.2, 0) is 21.8 Å². The molecule has 12 heteroatoms. The lowest BCUT2D eigenvalue weighted by molar-refractivity contribution is 0.0530. The van der Waals surface area contributed by atoms with Crippen molar-refractivity contribution in [3.63, 3.8) is 0 Å². The Balaban J connectivity index is 1.33. The number of piperidine rings is 1. The number of amides is 1. The number of hydrogen-bond acceptors (Lipinski definition) is 8. The van der Waals surface area contributed by atoms with Crippen molar-refractivity contribution in [1.29, 1.82) is 0 Å². The van der Waals surface area contributed by atoms with Crippen LogP contribution in [-0.4, -0.2) is 80.5 Å². The molecular formula is C30H40N6O5S. The molecule has 42 heavy (non-hydrogen) atoms. The first kappa shape index (κ1) is 28.9. The molecule has 3 aromatic rings. The highest BCUT2D eigenvalue weighted by atomic mass is 32.2. The van der Waals surface area contributed by atoms with E-state index in [9.17, 15) is 18.3 Å². The number of ether oxygens (including phenoxy) is 1. The Kier molecular flexibility index (Phi) is 7.67. The molecule has 0 bridgehead atoms. The lowest BCUT2D eigenvalue weighted by atomic mass is 9.93. The van der Waals surface area contributed by atoms with Crippen molar-refractivity contribution in [2.45, 2.75) is 56.6 Å². The summed E-state index contributed by atoms with van der Waals surface area (Å²) in [7, 11) is -1.89. The van der Waals surface area contributed by atoms with Gasteiger partial charge in [0.05, 0.1) is 41.1 Å². The number of morpholine rings is 1. The van der Waals surface area contributed by atoms with Gasteiger partial charge >= 0.3 is 0 Å². The summed E-state index contributed by atoms with van der Waals surface area (Å²) < 4.78 is 36.4. The van der Waals surface area contributed by atoms with Gasteiger partial charge in [0.1, 0.15) is 5.69 Å². The lowest BCUT2D eigenvalue weighted by Gasteiger charge is -2.35. The molecule has 2 atom stereocenters. The van der Waals surface area contributed by atoms with E-state index in [4.69, 9.17) is 9.72 Å². The number of carbonyl (C=O) groups excluding carboxylic acids is 1. The fourth-order valence-corrected chi connectivity index (χ4v) is 7.40. The Morgan fingerprint density at radius 2 is 1.90 bits per heavy atom. The van der Waals surface area contributed by atoms with Gasteiger partial charge in [-0.25, -0.2) is 18.1 Å². The molecule has 2 aromatic heterocycles. The molecule has 0 unspecified atom stereocenters. The number of aryl methyl sites for hydroxylation is 1. The van der Waals surface area contributed by atoms with Gasteiger partial charge in [-0.3, -0.25) is 4.79 Å². The fourth-order valence-electron chi connectivity index (χ4n) is 6.15. The third-order valence-electron chi connectivity index (χ3n) is 8.89. The van der Waals surface area contributed by atoms with Gasteiger partial charge in [0, 0.05) is 50.9 Å². The molecule has 3 fully saturated rings.